The number of rotatable bonds is 3. The van der Waals surface area contributed by atoms with E-state index in [0.29, 0.717) is 6.54 Å². The van der Waals surface area contributed by atoms with Crippen LogP contribution in [0.4, 0.5) is 0 Å². The minimum absolute atomic E-state index is 0.00401. The average Bonchev–Trinajstić information content (AvgIpc) is 3.24. The third-order valence-corrected chi connectivity index (χ3v) is 6.02. The quantitative estimate of drug-likeness (QED) is 0.885. The van der Waals surface area contributed by atoms with Gasteiger partial charge < -0.3 is 19.5 Å². The maximum atomic E-state index is 11.9. The summed E-state index contributed by atoms with van der Waals surface area (Å²) >= 11 is 0. The first-order valence-electron chi connectivity index (χ1n) is 9.75. The van der Waals surface area contributed by atoms with Crippen molar-refractivity contribution >= 4 is 5.91 Å². The highest BCUT2D eigenvalue weighted by molar-refractivity contribution is 5.77. The van der Waals surface area contributed by atoms with E-state index >= 15 is 0 Å². The number of nitrogens with one attached hydrogen (secondary N) is 1. The van der Waals surface area contributed by atoms with E-state index in [-0.39, 0.29) is 37.4 Å². The monoisotopic (exact) mass is 380 g/mol. The zero-order valence-corrected chi connectivity index (χ0v) is 15.9. The Labute approximate surface area is 164 Å². The number of ether oxygens (including phenoxy) is 3. The number of nitrogens with zero attached hydrogens (tertiary/aromatic N) is 1. The standard InChI is InChI=1S/C22H24N2O4/c1-14-7-19-20(28-13-27-19)8-16(14)10-24-11-17(15-5-3-2-4-6-15)22-18(24)9-23-21(25)12-26-22/h2-8,17-18,22H,9-13H2,1H3,(H,23,25)/t17-,18-,22-/m1/s1. The van der Waals surface area contributed by atoms with Crippen LogP contribution in [0.5, 0.6) is 11.5 Å². The predicted octanol–water partition coefficient (Wildman–Crippen LogP) is 2.21. The smallest absolute Gasteiger partial charge is 0.246 e. The van der Waals surface area contributed by atoms with Crippen molar-refractivity contribution in [3.8, 4) is 11.5 Å². The zero-order chi connectivity index (χ0) is 19.1. The summed E-state index contributed by atoms with van der Waals surface area (Å²) in [6.45, 7) is 4.79. The van der Waals surface area contributed by atoms with Crippen molar-refractivity contribution in [2.45, 2.75) is 31.5 Å². The highest BCUT2D eigenvalue weighted by atomic mass is 16.7. The van der Waals surface area contributed by atoms with Gasteiger partial charge in [-0.15, -0.1) is 0 Å². The van der Waals surface area contributed by atoms with Crippen molar-refractivity contribution in [1.29, 1.82) is 0 Å². The van der Waals surface area contributed by atoms with Gasteiger partial charge in [-0.25, -0.2) is 0 Å². The van der Waals surface area contributed by atoms with Crippen molar-refractivity contribution in [3.05, 3.63) is 59.2 Å². The van der Waals surface area contributed by atoms with Gasteiger partial charge in [-0.1, -0.05) is 30.3 Å². The second kappa shape index (κ2) is 7.11. The van der Waals surface area contributed by atoms with Gasteiger partial charge in [0.2, 0.25) is 12.7 Å². The molecule has 6 heteroatoms. The molecule has 5 rings (SSSR count). The lowest BCUT2D eigenvalue weighted by Crippen LogP contribution is -2.42. The first kappa shape index (κ1) is 17.5. The fourth-order valence-corrected chi connectivity index (χ4v) is 4.53. The lowest BCUT2D eigenvalue weighted by Gasteiger charge is -2.26. The number of benzene rings is 2. The van der Waals surface area contributed by atoms with Crippen LogP contribution in [-0.2, 0) is 16.1 Å². The highest BCUT2D eigenvalue weighted by Crippen LogP contribution is 2.38. The number of likely N-dealkylation sites (tertiary alicyclic amines) is 1. The average molecular weight is 380 g/mol. The molecule has 1 amide bonds. The molecule has 6 nitrogen and oxygen atoms in total. The van der Waals surface area contributed by atoms with E-state index in [4.69, 9.17) is 14.2 Å². The molecule has 146 valence electrons. The maximum Gasteiger partial charge on any atom is 0.246 e. The molecule has 0 spiro atoms. The summed E-state index contributed by atoms with van der Waals surface area (Å²) in [7, 11) is 0. The molecule has 2 saturated heterocycles. The van der Waals surface area contributed by atoms with E-state index < -0.39 is 0 Å². The molecule has 0 radical (unpaired) electrons. The summed E-state index contributed by atoms with van der Waals surface area (Å²) in [6, 6.07) is 14.7. The van der Waals surface area contributed by atoms with Gasteiger partial charge in [0.25, 0.3) is 0 Å². The first-order valence-corrected chi connectivity index (χ1v) is 9.75. The summed E-state index contributed by atoms with van der Waals surface area (Å²) in [5.41, 5.74) is 3.66. The van der Waals surface area contributed by atoms with Crippen molar-refractivity contribution in [3.63, 3.8) is 0 Å². The Bertz CT molecular complexity index is 886. The zero-order valence-electron chi connectivity index (χ0n) is 15.9. The van der Waals surface area contributed by atoms with Crippen LogP contribution in [0.1, 0.15) is 22.6 Å². The Balaban J connectivity index is 1.44. The fraction of sp³-hybridized carbons (Fsp3) is 0.409. The third-order valence-electron chi connectivity index (χ3n) is 6.02. The van der Waals surface area contributed by atoms with Crippen LogP contribution in [-0.4, -0.2) is 49.4 Å². The number of carbonyl (C=O) groups is 1. The van der Waals surface area contributed by atoms with Crippen LogP contribution in [0, 0.1) is 6.92 Å². The second-order valence-corrected chi connectivity index (χ2v) is 7.73. The molecular weight excluding hydrogens is 356 g/mol. The first-order chi connectivity index (χ1) is 13.7. The van der Waals surface area contributed by atoms with Crippen molar-refractivity contribution in [2.24, 2.45) is 0 Å². The molecule has 3 atom stereocenters. The summed E-state index contributed by atoms with van der Waals surface area (Å²) in [4.78, 5) is 14.3. The molecule has 3 aliphatic rings. The van der Waals surface area contributed by atoms with Crippen LogP contribution in [0.15, 0.2) is 42.5 Å². The second-order valence-electron chi connectivity index (χ2n) is 7.73. The molecule has 28 heavy (non-hydrogen) atoms. The van der Waals surface area contributed by atoms with E-state index in [1.807, 2.05) is 12.1 Å². The molecule has 3 heterocycles. The van der Waals surface area contributed by atoms with Crippen molar-refractivity contribution < 1.29 is 19.0 Å². The van der Waals surface area contributed by atoms with Crippen LogP contribution < -0.4 is 14.8 Å². The molecular formula is C22H24N2O4. The van der Waals surface area contributed by atoms with Gasteiger partial charge in [0.05, 0.1) is 12.1 Å². The van der Waals surface area contributed by atoms with E-state index in [1.165, 1.54) is 16.7 Å². The number of amides is 1. The van der Waals surface area contributed by atoms with Gasteiger partial charge in [-0.05, 0) is 35.7 Å². The fourth-order valence-electron chi connectivity index (χ4n) is 4.53. The number of carbonyl (C=O) groups excluding carboxylic acids is 1. The Morgan fingerprint density at radius 2 is 1.93 bits per heavy atom. The summed E-state index contributed by atoms with van der Waals surface area (Å²) in [5, 5.41) is 3.01. The minimum atomic E-state index is -0.0413. The van der Waals surface area contributed by atoms with Gasteiger partial charge in [0.15, 0.2) is 11.5 Å². The van der Waals surface area contributed by atoms with Crippen LogP contribution in [0.25, 0.3) is 0 Å². The van der Waals surface area contributed by atoms with Crippen LogP contribution in [0.3, 0.4) is 0 Å². The lowest BCUT2D eigenvalue weighted by atomic mass is 9.93. The molecule has 0 saturated carbocycles. The van der Waals surface area contributed by atoms with Crippen molar-refractivity contribution in [1.82, 2.24) is 10.2 Å². The molecule has 3 aliphatic heterocycles. The molecule has 0 bridgehead atoms. The predicted molar refractivity (Wildman–Crippen MR) is 103 cm³/mol. The largest absolute Gasteiger partial charge is 0.454 e. The van der Waals surface area contributed by atoms with Gasteiger partial charge in [-0.2, -0.15) is 0 Å². The third kappa shape index (κ3) is 3.12. The van der Waals surface area contributed by atoms with E-state index in [2.05, 4.69) is 47.5 Å². The van der Waals surface area contributed by atoms with Gasteiger partial charge in [-0.3, -0.25) is 9.69 Å². The van der Waals surface area contributed by atoms with E-state index in [1.54, 1.807) is 0 Å². The Morgan fingerprint density at radius 1 is 1.14 bits per heavy atom. The molecule has 0 aliphatic carbocycles. The minimum Gasteiger partial charge on any atom is -0.454 e. The highest BCUT2D eigenvalue weighted by Gasteiger charge is 2.44. The molecule has 2 aromatic carbocycles. The molecule has 0 aromatic heterocycles. The Morgan fingerprint density at radius 3 is 2.75 bits per heavy atom. The Hall–Kier alpha value is -2.57. The van der Waals surface area contributed by atoms with Gasteiger partial charge in [0.1, 0.15) is 6.61 Å². The van der Waals surface area contributed by atoms with Gasteiger partial charge in [0, 0.05) is 25.6 Å². The van der Waals surface area contributed by atoms with Crippen LogP contribution in [0.2, 0.25) is 0 Å². The summed E-state index contributed by atoms with van der Waals surface area (Å²) in [6.07, 6.45) is -0.00401. The van der Waals surface area contributed by atoms with Crippen molar-refractivity contribution in [2.75, 3.05) is 26.5 Å². The maximum absolute atomic E-state index is 11.9. The number of aryl methyl sites for hydroxylation is 1. The molecule has 2 aromatic rings. The summed E-state index contributed by atoms with van der Waals surface area (Å²) in [5.74, 6) is 1.82. The SMILES string of the molecule is Cc1cc2c(cc1CN1C[C@H](c3ccccc3)[C@H]3OCC(=O)NC[C@H]31)OCO2. The number of fused-ring (bicyclic) bond motifs is 2. The van der Waals surface area contributed by atoms with E-state index in [9.17, 15) is 4.79 Å². The summed E-state index contributed by atoms with van der Waals surface area (Å²) < 4.78 is 17.1. The van der Waals surface area contributed by atoms with Gasteiger partial charge >= 0.3 is 0 Å². The number of hydrogen-bond donors (Lipinski definition) is 1. The normalized spacial score (nSPS) is 26.6. The lowest BCUT2D eigenvalue weighted by molar-refractivity contribution is -0.125. The van der Waals surface area contributed by atoms with Crippen LogP contribution >= 0.6 is 0 Å². The Kier molecular flexibility index (Phi) is 4.45. The topological polar surface area (TPSA) is 60.0 Å². The van der Waals surface area contributed by atoms with E-state index in [0.717, 1.165) is 24.6 Å². The molecule has 0 unspecified atom stereocenters. The number of hydrogen-bond acceptors (Lipinski definition) is 5. The molecule has 2 fully saturated rings. The molecule has 1 N–H and O–H groups in total.